The first-order valence-corrected chi connectivity index (χ1v) is 10.8. The van der Waals surface area contributed by atoms with Crippen molar-refractivity contribution in [2.45, 2.75) is 38.5 Å². The van der Waals surface area contributed by atoms with E-state index in [0.29, 0.717) is 19.4 Å². The van der Waals surface area contributed by atoms with Gasteiger partial charge in [-0.3, -0.25) is 4.79 Å². The summed E-state index contributed by atoms with van der Waals surface area (Å²) in [5.41, 5.74) is 1.79. The summed E-state index contributed by atoms with van der Waals surface area (Å²) in [6.45, 7) is 2.63. The van der Waals surface area contributed by atoms with Crippen LogP contribution >= 0.6 is 0 Å². The van der Waals surface area contributed by atoms with Crippen LogP contribution in [0.5, 0.6) is 5.75 Å². The predicted molar refractivity (Wildman–Crippen MR) is 118 cm³/mol. The van der Waals surface area contributed by atoms with Crippen molar-refractivity contribution in [3.05, 3.63) is 77.3 Å². The summed E-state index contributed by atoms with van der Waals surface area (Å²) >= 11 is 0. The van der Waals surface area contributed by atoms with Crippen LogP contribution in [-0.4, -0.2) is 37.6 Å². The molecule has 32 heavy (non-hydrogen) atoms. The maximum atomic E-state index is 13.1. The number of ether oxygens (including phenoxy) is 3. The quantitative estimate of drug-likeness (QED) is 0.583. The highest BCUT2D eigenvalue weighted by Gasteiger charge is 2.37. The molecule has 1 heterocycles. The number of halogens is 1. The molecule has 0 aliphatic carbocycles. The molecule has 1 amide bonds. The van der Waals surface area contributed by atoms with Gasteiger partial charge in [-0.1, -0.05) is 24.3 Å². The fourth-order valence-electron chi connectivity index (χ4n) is 3.84. The second kappa shape index (κ2) is 11.6. The van der Waals surface area contributed by atoms with Crippen molar-refractivity contribution in [3.8, 4) is 5.75 Å². The van der Waals surface area contributed by atoms with Crippen molar-refractivity contribution in [1.82, 2.24) is 5.32 Å². The zero-order valence-corrected chi connectivity index (χ0v) is 18.4. The number of carbonyl (C=O) groups is 1. The van der Waals surface area contributed by atoms with Gasteiger partial charge in [0.15, 0.2) is 5.76 Å². The number of amides is 1. The van der Waals surface area contributed by atoms with Crippen LogP contribution in [0.3, 0.4) is 0 Å². The molecule has 1 aliphatic rings. The van der Waals surface area contributed by atoms with Crippen molar-refractivity contribution in [2.24, 2.45) is 5.92 Å². The summed E-state index contributed by atoms with van der Waals surface area (Å²) < 4.78 is 30.2. The van der Waals surface area contributed by atoms with Crippen LogP contribution in [0.1, 0.15) is 36.8 Å². The van der Waals surface area contributed by atoms with Gasteiger partial charge in [-0.25, -0.2) is 4.39 Å². The Morgan fingerprint density at radius 2 is 1.88 bits per heavy atom. The summed E-state index contributed by atoms with van der Waals surface area (Å²) in [7, 11) is 1.61. The average Bonchev–Trinajstić information content (AvgIpc) is 2.82. The minimum Gasteiger partial charge on any atom is -0.497 e. The fourth-order valence-corrected chi connectivity index (χ4v) is 3.84. The van der Waals surface area contributed by atoms with Gasteiger partial charge in [0.1, 0.15) is 11.6 Å². The van der Waals surface area contributed by atoms with Crippen molar-refractivity contribution >= 4 is 5.91 Å². The first kappa shape index (κ1) is 23.8. The SMILES string of the molecule is CCO[C@H]1OC(C(=O)NCc2ccc(F)cc2)=C[C@@H](c2ccc(OC)cc2)[C@@H]1CCCO. The average molecular weight is 444 g/mol. The third kappa shape index (κ3) is 6.08. The number of hydrogen-bond acceptors (Lipinski definition) is 5. The third-order valence-electron chi connectivity index (χ3n) is 5.50. The number of aliphatic hydroxyl groups is 1. The Morgan fingerprint density at radius 1 is 1.16 bits per heavy atom. The minimum absolute atomic E-state index is 0.0656. The Morgan fingerprint density at radius 3 is 2.50 bits per heavy atom. The van der Waals surface area contributed by atoms with E-state index in [1.165, 1.54) is 12.1 Å². The summed E-state index contributed by atoms with van der Waals surface area (Å²) in [5, 5.41) is 12.2. The van der Waals surface area contributed by atoms with Crippen LogP contribution in [0.2, 0.25) is 0 Å². The van der Waals surface area contributed by atoms with Gasteiger partial charge in [0.05, 0.1) is 7.11 Å². The summed E-state index contributed by atoms with van der Waals surface area (Å²) in [5.74, 6) is 0.0442. The number of allylic oxidation sites excluding steroid dienone is 1. The van der Waals surface area contributed by atoms with Gasteiger partial charge in [0.2, 0.25) is 6.29 Å². The molecule has 0 unspecified atom stereocenters. The normalized spacial score (nSPS) is 20.2. The lowest BCUT2D eigenvalue weighted by Crippen LogP contribution is -2.39. The molecule has 0 bridgehead atoms. The Balaban J connectivity index is 1.84. The molecule has 7 heteroatoms. The molecule has 0 aromatic heterocycles. The van der Waals surface area contributed by atoms with Crippen molar-refractivity contribution in [3.63, 3.8) is 0 Å². The standard InChI is InChI=1S/C25H30FNO5/c1-3-31-25-21(5-4-14-28)22(18-8-12-20(30-2)13-9-18)15-23(32-25)24(29)27-16-17-6-10-19(26)11-7-17/h6-13,15,21-22,25,28H,3-5,14,16H2,1-2H3,(H,27,29)/t21-,22-,25-/m0/s1. The first-order valence-electron chi connectivity index (χ1n) is 10.8. The third-order valence-corrected chi connectivity index (χ3v) is 5.50. The second-order valence-electron chi connectivity index (χ2n) is 7.61. The number of hydrogen-bond donors (Lipinski definition) is 2. The molecule has 172 valence electrons. The molecule has 2 aromatic rings. The monoisotopic (exact) mass is 443 g/mol. The molecule has 0 saturated carbocycles. The van der Waals surface area contributed by atoms with E-state index in [-0.39, 0.29) is 42.5 Å². The van der Waals surface area contributed by atoms with Crippen LogP contribution in [0.4, 0.5) is 4.39 Å². The number of rotatable bonds is 10. The highest BCUT2D eigenvalue weighted by molar-refractivity contribution is 5.91. The minimum atomic E-state index is -0.616. The molecule has 0 radical (unpaired) electrons. The van der Waals surface area contributed by atoms with Gasteiger partial charge in [-0.15, -0.1) is 0 Å². The lowest BCUT2D eigenvalue weighted by molar-refractivity contribution is -0.166. The van der Waals surface area contributed by atoms with Crippen LogP contribution in [0, 0.1) is 11.7 Å². The van der Waals surface area contributed by atoms with E-state index in [4.69, 9.17) is 14.2 Å². The summed E-state index contributed by atoms with van der Waals surface area (Å²) in [6.07, 6.45) is 2.48. The lowest BCUT2D eigenvalue weighted by atomic mass is 9.80. The van der Waals surface area contributed by atoms with Gasteiger partial charge >= 0.3 is 0 Å². The zero-order chi connectivity index (χ0) is 22.9. The van der Waals surface area contributed by atoms with Gasteiger partial charge in [-0.05, 0) is 61.2 Å². The van der Waals surface area contributed by atoms with Crippen molar-refractivity contribution in [1.29, 1.82) is 0 Å². The molecule has 2 N–H and O–H groups in total. The number of aliphatic hydroxyl groups excluding tert-OH is 1. The Labute approximate surface area is 188 Å². The van der Waals surface area contributed by atoms with Gasteiger partial charge in [-0.2, -0.15) is 0 Å². The first-order chi connectivity index (χ1) is 15.5. The molecule has 6 nitrogen and oxygen atoms in total. The number of nitrogens with one attached hydrogen (secondary N) is 1. The molecule has 0 spiro atoms. The van der Waals surface area contributed by atoms with Crippen molar-refractivity contribution in [2.75, 3.05) is 20.3 Å². The zero-order valence-electron chi connectivity index (χ0n) is 18.4. The number of carbonyl (C=O) groups excluding carboxylic acids is 1. The molecule has 2 aromatic carbocycles. The topological polar surface area (TPSA) is 77.0 Å². The molecule has 3 atom stereocenters. The van der Waals surface area contributed by atoms with E-state index in [1.54, 1.807) is 19.2 Å². The van der Waals surface area contributed by atoms with E-state index in [9.17, 15) is 14.3 Å². The Kier molecular flexibility index (Phi) is 8.64. The van der Waals surface area contributed by atoms with Crippen LogP contribution in [-0.2, 0) is 20.8 Å². The maximum Gasteiger partial charge on any atom is 0.286 e. The summed E-state index contributed by atoms with van der Waals surface area (Å²) in [6, 6.07) is 13.7. The predicted octanol–water partition coefficient (Wildman–Crippen LogP) is 3.90. The van der Waals surface area contributed by atoms with Crippen LogP contribution in [0.15, 0.2) is 60.4 Å². The van der Waals surface area contributed by atoms with Gasteiger partial charge in [0.25, 0.3) is 5.91 Å². The van der Waals surface area contributed by atoms with E-state index in [2.05, 4.69) is 5.32 Å². The summed E-state index contributed by atoms with van der Waals surface area (Å²) in [4.78, 5) is 12.9. The molecule has 0 saturated heterocycles. The van der Waals surface area contributed by atoms with Crippen LogP contribution < -0.4 is 10.1 Å². The Hall–Kier alpha value is -2.90. The Bertz CT molecular complexity index is 898. The second-order valence-corrected chi connectivity index (χ2v) is 7.61. The molecule has 0 fully saturated rings. The van der Waals surface area contributed by atoms with E-state index in [0.717, 1.165) is 16.9 Å². The fraction of sp³-hybridized carbons (Fsp3) is 0.400. The van der Waals surface area contributed by atoms with E-state index in [1.807, 2.05) is 37.3 Å². The smallest absolute Gasteiger partial charge is 0.286 e. The molecular formula is C25H30FNO5. The molecule has 1 aliphatic heterocycles. The number of benzene rings is 2. The molecule has 3 rings (SSSR count). The largest absolute Gasteiger partial charge is 0.497 e. The van der Waals surface area contributed by atoms with Gasteiger partial charge in [0, 0.05) is 31.6 Å². The van der Waals surface area contributed by atoms with Crippen LogP contribution in [0.25, 0.3) is 0 Å². The number of methoxy groups -OCH3 is 1. The van der Waals surface area contributed by atoms with E-state index >= 15 is 0 Å². The maximum absolute atomic E-state index is 13.1. The highest BCUT2D eigenvalue weighted by Crippen LogP contribution is 2.39. The highest BCUT2D eigenvalue weighted by atomic mass is 19.1. The lowest BCUT2D eigenvalue weighted by Gasteiger charge is -2.37. The van der Waals surface area contributed by atoms with Crippen molar-refractivity contribution < 1.29 is 28.5 Å². The van der Waals surface area contributed by atoms with Gasteiger partial charge < -0.3 is 24.6 Å². The van der Waals surface area contributed by atoms with E-state index < -0.39 is 6.29 Å². The molecular weight excluding hydrogens is 413 g/mol.